The molecule has 0 radical (unpaired) electrons. The average Bonchev–Trinajstić information content (AvgIpc) is 3.11. The largest absolute Gasteiger partial charge is 0.496 e. The summed E-state index contributed by atoms with van der Waals surface area (Å²) in [6, 6.07) is 11.7. The molecular weight excluding hydrogens is 344 g/mol. The number of β-amino-alcohol motifs (C(OH)–C–C–N with tert-alkyl or cyclic N) is 1. The molecule has 142 valence electrons. The van der Waals surface area contributed by atoms with E-state index in [-0.39, 0.29) is 12.5 Å². The second kappa shape index (κ2) is 7.21. The number of rotatable bonds is 4. The number of carbonyl (C=O) groups is 1. The minimum absolute atomic E-state index is 0.0532. The Morgan fingerprint density at radius 2 is 1.89 bits per heavy atom. The second-order valence-electron chi connectivity index (χ2n) is 6.97. The highest BCUT2D eigenvalue weighted by Crippen LogP contribution is 2.39. The van der Waals surface area contributed by atoms with Gasteiger partial charge < -0.3 is 19.5 Å². The Morgan fingerprint density at radius 3 is 2.67 bits per heavy atom. The van der Waals surface area contributed by atoms with E-state index in [0.29, 0.717) is 31.1 Å². The van der Waals surface area contributed by atoms with Gasteiger partial charge in [0.1, 0.15) is 11.5 Å². The summed E-state index contributed by atoms with van der Waals surface area (Å²) in [5.41, 5.74) is 3.85. The van der Waals surface area contributed by atoms with Crippen molar-refractivity contribution in [3.8, 4) is 11.5 Å². The van der Waals surface area contributed by atoms with Gasteiger partial charge in [0.2, 0.25) is 5.91 Å². The number of ether oxygens (including phenoxy) is 2. The number of fused-ring (bicyclic) bond motifs is 2. The summed E-state index contributed by atoms with van der Waals surface area (Å²) >= 11 is 0. The summed E-state index contributed by atoms with van der Waals surface area (Å²) in [6.45, 7) is 1.89. The van der Waals surface area contributed by atoms with Gasteiger partial charge in [-0.05, 0) is 30.2 Å². The van der Waals surface area contributed by atoms with Gasteiger partial charge in [0, 0.05) is 36.4 Å². The van der Waals surface area contributed by atoms with E-state index >= 15 is 0 Å². The first kappa shape index (κ1) is 17.8. The van der Waals surface area contributed by atoms with E-state index in [1.165, 1.54) is 5.56 Å². The molecule has 2 aromatic rings. The van der Waals surface area contributed by atoms with Gasteiger partial charge in [-0.2, -0.15) is 0 Å². The Kier molecular flexibility index (Phi) is 4.76. The predicted molar refractivity (Wildman–Crippen MR) is 102 cm³/mol. The number of para-hydroxylation sites is 1. The van der Waals surface area contributed by atoms with Crippen LogP contribution in [0.25, 0.3) is 0 Å². The Morgan fingerprint density at radius 1 is 1.15 bits per heavy atom. The number of hydrogen-bond donors (Lipinski definition) is 1. The molecule has 0 aliphatic carbocycles. The highest BCUT2D eigenvalue weighted by Gasteiger charge is 2.32. The molecule has 1 atom stereocenters. The predicted octanol–water partition coefficient (Wildman–Crippen LogP) is 2.14. The molecule has 1 N–H and O–H groups in total. The number of nitrogens with zero attached hydrogens (tertiary/aromatic N) is 2. The number of benzene rings is 2. The van der Waals surface area contributed by atoms with Crippen LogP contribution in [0.2, 0.25) is 0 Å². The van der Waals surface area contributed by atoms with Crippen molar-refractivity contribution in [1.82, 2.24) is 4.90 Å². The van der Waals surface area contributed by atoms with Crippen molar-refractivity contribution in [2.45, 2.75) is 19.1 Å². The van der Waals surface area contributed by atoms with Crippen LogP contribution in [0, 0.1) is 0 Å². The SMILES string of the molecule is COc1ccc(OC)c2c1CN(CC(=O)N1CCc3ccccc31)C[C@H]2O. The van der Waals surface area contributed by atoms with Crippen LogP contribution in [0.3, 0.4) is 0 Å². The van der Waals surface area contributed by atoms with Gasteiger partial charge in [0.25, 0.3) is 0 Å². The molecule has 27 heavy (non-hydrogen) atoms. The number of carbonyl (C=O) groups excluding carboxylic acids is 1. The zero-order valence-electron chi connectivity index (χ0n) is 15.6. The summed E-state index contributed by atoms with van der Waals surface area (Å²) < 4.78 is 10.9. The van der Waals surface area contributed by atoms with Crippen molar-refractivity contribution in [1.29, 1.82) is 0 Å². The van der Waals surface area contributed by atoms with Gasteiger partial charge in [-0.1, -0.05) is 18.2 Å². The molecule has 0 spiro atoms. The highest BCUT2D eigenvalue weighted by molar-refractivity contribution is 5.96. The zero-order valence-corrected chi connectivity index (χ0v) is 15.6. The van der Waals surface area contributed by atoms with Crippen molar-refractivity contribution in [3.63, 3.8) is 0 Å². The minimum atomic E-state index is -0.725. The number of amides is 1. The van der Waals surface area contributed by atoms with Crippen molar-refractivity contribution in [2.24, 2.45) is 0 Å². The van der Waals surface area contributed by atoms with Crippen LogP contribution < -0.4 is 14.4 Å². The normalized spacial score (nSPS) is 18.8. The van der Waals surface area contributed by atoms with Gasteiger partial charge >= 0.3 is 0 Å². The molecule has 0 fully saturated rings. The average molecular weight is 368 g/mol. The van der Waals surface area contributed by atoms with E-state index in [9.17, 15) is 9.90 Å². The van der Waals surface area contributed by atoms with Gasteiger partial charge in [0.05, 0.1) is 26.9 Å². The quantitative estimate of drug-likeness (QED) is 0.896. The number of aliphatic hydroxyl groups excluding tert-OH is 1. The smallest absolute Gasteiger partial charge is 0.241 e. The van der Waals surface area contributed by atoms with Crippen LogP contribution >= 0.6 is 0 Å². The minimum Gasteiger partial charge on any atom is -0.496 e. The lowest BCUT2D eigenvalue weighted by molar-refractivity contribution is -0.120. The van der Waals surface area contributed by atoms with Crippen LogP contribution in [-0.4, -0.2) is 49.8 Å². The fraction of sp³-hybridized carbons (Fsp3) is 0.381. The van der Waals surface area contributed by atoms with Crippen LogP contribution in [0.5, 0.6) is 11.5 Å². The number of aliphatic hydroxyl groups is 1. The summed E-state index contributed by atoms with van der Waals surface area (Å²) in [6.07, 6.45) is 0.163. The molecule has 6 nitrogen and oxygen atoms in total. The molecule has 0 bridgehead atoms. The monoisotopic (exact) mass is 368 g/mol. The molecule has 2 aliphatic heterocycles. The first-order valence-corrected chi connectivity index (χ1v) is 9.14. The van der Waals surface area contributed by atoms with E-state index in [0.717, 1.165) is 23.2 Å². The molecule has 0 unspecified atom stereocenters. The highest BCUT2D eigenvalue weighted by atomic mass is 16.5. The van der Waals surface area contributed by atoms with Gasteiger partial charge in [-0.25, -0.2) is 0 Å². The standard InChI is InChI=1S/C21H24N2O4/c1-26-18-7-8-19(27-2)21-15(18)11-22(12-17(21)24)13-20(25)23-10-9-14-5-3-4-6-16(14)23/h3-8,17,24H,9-13H2,1-2H3/t17-/m1/s1. The van der Waals surface area contributed by atoms with Crippen LogP contribution in [-0.2, 0) is 17.8 Å². The van der Waals surface area contributed by atoms with Crippen molar-refractivity contribution >= 4 is 11.6 Å². The molecule has 0 aromatic heterocycles. The Balaban J connectivity index is 1.55. The van der Waals surface area contributed by atoms with Gasteiger partial charge in [-0.15, -0.1) is 0 Å². The van der Waals surface area contributed by atoms with E-state index in [1.54, 1.807) is 14.2 Å². The fourth-order valence-corrected chi connectivity index (χ4v) is 4.14. The summed E-state index contributed by atoms with van der Waals surface area (Å²) in [7, 11) is 3.20. The van der Waals surface area contributed by atoms with Crippen LogP contribution in [0.1, 0.15) is 22.8 Å². The number of hydrogen-bond acceptors (Lipinski definition) is 5. The zero-order chi connectivity index (χ0) is 19.0. The summed E-state index contributed by atoms with van der Waals surface area (Å²) in [5, 5.41) is 10.7. The molecule has 2 aromatic carbocycles. The van der Waals surface area contributed by atoms with Crippen LogP contribution in [0.4, 0.5) is 5.69 Å². The van der Waals surface area contributed by atoms with E-state index in [1.807, 2.05) is 40.1 Å². The molecule has 0 saturated carbocycles. The van der Waals surface area contributed by atoms with Crippen molar-refractivity contribution in [3.05, 3.63) is 53.1 Å². The van der Waals surface area contributed by atoms with E-state index < -0.39 is 6.10 Å². The lowest BCUT2D eigenvalue weighted by Crippen LogP contribution is -2.43. The first-order valence-electron chi connectivity index (χ1n) is 9.14. The second-order valence-corrected chi connectivity index (χ2v) is 6.97. The third-order valence-corrected chi connectivity index (χ3v) is 5.41. The topological polar surface area (TPSA) is 62.2 Å². The van der Waals surface area contributed by atoms with Crippen molar-refractivity contribution < 1.29 is 19.4 Å². The van der Waals surface area contributed by atoms with E-state index in [4.69, 9.17) is 9.47 Å². The molecule has 2 heterocycles. The Bertz CT molecular complexity index is 867. The van der Waals surface area contributed by atoms with Crippen molar-refractivity contribution in [2.75, 3.05) is 38.8 Å². The molecule has 2 aliphatic rings. The van der Waals surface area contributed by atoms with Gasteiger partial charge in [0.15, 0.2) is 0 Å². The molecule has 6 heteroatoms. The number of anilines is 1. The first-order chi connectivity index (χ1) is 13.1. The maximum Gasteiger partial charge on any atom is 0.241 e. The molecule has 4 rings (SSSR count). The third-order valence-electron chi connectivity index (χ3n) is 5.41. The maximum atomic E-state index is 12.9. The fourth-order valence-electron chi connectivity index (χ4n) is 4.14. The molecular formula is C21H24N2O4. The molecule has 0 saturated heterocycles. The lowest BCUT2D eigenvalue weighted by Gasteiger charge is -2.34. The van der Waals surface area contributed by atoms with Gasteiger partial charge in [-0.3, -0.25) is 9.69 Å². The molecule has 1 amide bonds. The third kappa shape index (κ3) is 3.15. The Labute approximate surface area is 158 Å². The summed E-state index contributed by atoms with van der Waals surface area (Å²) in [5.74, 6) is 1.41. The maximum absolute atomic E-state index is 12.9. The van der Waals surface area contributed by atoms with Crippen LogP contribution in [0.15, 0.2) is 36.4 Å². The summed E-state index contributed by atoms with van der Waals surface area (Å²) in [4.78, 5) is 16.7. The lowest BCUT2D eigenvalue weighted by atomic mass is 9.95. The Hall–Kier alpha value is -2.57. The van der Waals surface area contributed by atoms with E-state index in [2.05, 4.69) is 6.07 Å². The number of methoxy groups -OCH3 is 2.